The fourth-order valence-electron chi connectivity index (χ4n) is 2.47. The van der Waals surface area contributed by atoms with Gasteiger partial charge in [-0.2, -0.15) is 0 Å². The summed E-state index contributed by atoms with van der Waals surface area (Å²) >= 11 is 0. The van der Waals surface area contributed by atoms with Gasteiger partial charge in [0, 0.05) is 0 Å². The van der Waals surface area contributed by atoms with Gasteiger partial charge < -0.3 is 5.73 Å². The van der Waals surface area contributed by atoms with Crippen LogP contribution >= 0.6 is 0 Å². The summed E-state index contributed by atoms with van der Waals surface area (Å²) in [7, 11) is 0. The van der Waals surface area contributed by atoms with Crippen molar-refractivity contribution in [2.75, 3.05) is 0 Å². The molecule has 0 amide bonds. The zero-order valence-electron chi connectivity index (χ0n) is 12.4. The monoisotopic (exact) mass is 271 g/mol. The summed E-state index contributed by atoms with van der Waals surface area (Å²) in [6, 6.07) is 14.8. The lowest BCUT2D eigenvalue weighted by Crippen LogP contribution is -2.34. The quantitative estimate of drug-likeness (QED) is 0.884. The molecule has 0 heterocycles. The molecule has 1 unspecified atom stereocenters. The van der Waals surface area contributed by atoms with Crippen LogP contribution in [0.3, 0.4) is 0 Å². The molecular formula is C18H22FN. The Hall–Kier alpha value is -1.67. The summed E-state index contributed by atoms with van der Waals surface area (Å²) in [5.41, 5.74) is 8.85. The smallest absolute Gasteiger partial charge is 0.123 e. The predicted octanol–water partition coefficient (Wildman–Crippen LogP) is 4.25. The van der Waals surface area contributed by atoms with Gasteiger partial charge >= 0.3 is 0 Å². The number of hydrogen-bond acceptors (Lipinski definition) is 1. The average Bonchev–Trinajstić information content (AvgIpc) is 2.38. The number of halogens is 1. The molecule has 2 aromatic rings. The van der Waals surface area contributed by atoms with Crippen LogP contribution in [0.5, 0.6) is 0 Å². The second-order valence-corrected chi connectivity index (χ2v) is 6.01. The van der Waals surface area contributed by atoms with E-state index in [-0.39, 0.29) is 5.82 Å². The lowest BCUT2D eigenvalue weighted by molar-refractivity contribution is 0.579. The lowest BCUT2D eigenvalue weighted by Gasteiger charge is -2.26. The van der Waals surface area contributed by atoms with E-state index in [9.17, 15) is 4.39 Å². The van der Waals surface area contributed by atoms with Crippen molar-refractivity contribution >= 4 is 0 Å². The minimum atomic E-state index is -0.685. The van der Waals surface area contributed by atoms with E-state index in [1.54, 1.807) is 6.07 Å². The first-order valence-corrected chi connectivity index (χ1v) is 7.04. The van der Waals surface area contributed by atoms with Crippen LogP contribution in [-0.2, 0) is 12.0 Å². The first kappa shape index (κ1) is 14.7. The third kappa shape index (κ3) is 3.26. The second-order valence-electron chi connectivity index (χ2n) is 6.01. The van der Waals surface area contributed by atoms with Crippen LogP contribution in [-0.4, -0.2) is 0 Å². The van der Waals surface area contributed by atoms with Crippen molar-refractivity contribution in [1.29, 1.82) is 0 Å². The number of rotatable bonds is 4. The zero-order valence-corrected chi connectivity index (χ0v) is 12.4. The lowest BCUT2D eigenvalue weighted by atomic mass is 9.84. The average molecular weight is 271 g/mol. The highest BCUT2D eigenvalue weighted by Gasteiger charge is 2.24. The second kappa shape index (κ2) is 5.76. The summed E-state index contributed by atoms with van der Waals surface area (Å²) in [6.45, 7) is 6.32. The van der Waals surface area contributed by atoms with Crippen molar-refractivity contribution < 1.29 is 4.39 Å². The van der Waals surface area contributed by atoms with Gasteiger partial charge in [-0.3, -0.25) is 0 Å². The van der Waals surface area contributed by atoms with E-state index < -0.39 is 5.54 Å². The van der Waals surface area contributed by atoms with Crippen molar-refractivity contribution in [3.63, 3.8) is 0 Å². The highest BCUT2D eigenvalue weighted by molar-refractivity contribution is 5.39. The fraction of sp³-hybridized carbons (Fsp3) is 0.333. The van der Waals surface area contributed by atoms with E-state index in [1.165, 1.54) is 17.7 Å². The van der Waals surface area contributed by atoms with E-state index in [1.807, 2.05) is 25.1 Å². The van der Waals surface area contributed by atoms with Crippen LogP contribution in [0.2, 0.25) is 0 Å². The number of benzene rings is 2. The van der Waals surface area contributed by atoms with Gasteiger partial charge in [0.25, 0.3) is 0 Å². The van der Waals surface area contributed by atoms with E-state index in [4.69, 9.17) is 5.73 Å². The van der Waals surface area contributed by atoms with Crippen LogP contribution in [0.25, 0.3) is 0 Å². The molecule has 20 heavy (non-hydrogen) atoms. The van der Waals surface area contributed by atoms with E-state index in [0.29, 0.717) is 5.92 Å². The van der Waals surface area contributed by atoms with Crippen molar-refractivity contribution in [1.82, 2.24) is 0 Å². The Bertz CT molecular complexity index is 587. The molecular weight excluding hydrogens is 249 g/mol. The van der Waals surface area contributed by atoms with Crippen LogP contribution in [0, 0.1) is 11.7 Å². The Balaban J connectivity index is 2.38. The Morgan fingerprint density at radius 3 is 2.25 bits per heavy atom. The summed E-state index contributed by atoms with van der Waals surface area (Å²) in [5.74, 6) is 0.348. The highest BCUT2D eigenvalue weighted by atomic mass is 19.1. The molecule has 1 nitrogen and oxygen atoms in total. The molecule has 0 spiro atoms. The van der Waals surface area contributed by atoms with Crippen LogP contribution in [0.1, 0.15) is 37.5 Å². The maximum atomic E-state index is 13.4. The van der Waals surface area contributed by atoms with Gasteiger partial charge in [0.15, 0.2) is 0 Å². The molecule has 2 aromatic carbocycles. The predicted molar refractivity (Wildman–Crippen MR) is 82.0 cm³/mol. The first-order valence-electron chi connectivity index (χ1n) is 7.04. The topological polar surface area (TPSA) is 26.0 Å². The Morgan fingerprint density at radius 2 is 1.65 bits per heavy atom. The Kier molecular flexibility index (Phi) is 4.24. The fourth-order valence-corrected chi connectivity index (χ4v) is 2.47. The minimum absolute atomic E-state index is 0.252. The van der Waals surface area contributed by atoms with Gasteiger partial charge in [-0.05, 0) is 48.1 Å². The molecule has 1 atom stereocenters. The molecule has 0 saturated carbocycles. The molecule has 2 heteroatoms. The highest BCUT2D eigenvalue weighted by Crippen LogP contribution is 2.28. The Morgan fingerprint density at radius 1 is 1.05 bits per heavy atom. The molecule has 0 aliphatic heterocycles. The van der Waals surface area contributed by atoms with Crippen molar-refractivity contribution in [3.05, 3.63) is 71.0 Å². The first-order chi connectivity index (χ1) is 9.39. The van der Waals surface area contributed by atoms with Crippen molar-refractivity contribution in [2.45, 2.75) is 32.7 Å². The van der Waals surface area contributed by atoms with Crippen molar-refractivity contribution in [3.8, 4) is 0 Å². The minimum Gasteiger partial charge on any atom is -0.318 e. The Labute approximate surface area is 120 Å². The zero-order chi connectivity index (χ0) is 14.8. The SMILES string of the molecule is CC(C)Cc1cccc(C(C)(N)c2cccc(F)c2)c1. The van der Waals surface area contributed by atoms with Crippen LogP contribution in [0.4, 0.5) is 4.39 Å². The van der Waals surface area contributed by atoms with Gasteiger partial charge in [-0.1, -0.05) is 50.2 Å². The maximum absolute atomic E-state index is 13.4. The van der Waals surface area contributed by atoms with Gasteiger partial charge in [-0.15, -0.1) is 0 Å². The molecule has 0 aliphatic rings. The maximum Gasteiger partial charge on any atom is 0.123 e. The summed E-state index contributed by atoms with van der Waals surface area (Å²) in [6.07, 6.45) is 1.02. The van der Waals surface area contributed by atoms with E-state index in [2.05, 4.69) is 26.0 Å². The summed E-state index contributed by atoms with van der Waals surface area (Å²) < 4.78 is 13.4. The molecule has 0 saturated heterocycles. The third-order valence-electron chi connectivity index (χ3n) is 3.59. The molecule has 0 aromatic heterocycles. The largest absolute Gasteiger partial charge is 0.318 e. The third-order valence-corrected chi connectivity index (χ3v) is 3.59. The summed E-state index contributed by atoms with van der Waals surface area (Å²) in [5, 5.41) is 0. The molecule has 0 radical (unpaired) electrons. The molecule has 0 bridgehead atoms. The molecule has 106 valence electrons. The molecule has 0 fully saturated rings. The van der Waals surface area contributed by atoms with Crippen LogP contribution in [0.15, 0.2) is 48.5 Å². The molecule has 2 rings (SSSR count). The number of hydrogen-bond donors (Lipinski definition) is 1. The van der Waals surface area contributed by atoms with E-state index in [0.717, 1.165) is 17.5 Å². The normalized spacial score (nSPS) is 14.3. The standard InChI is InChI=1S/C18H22FN/c1-13(2)10-14-6-4-7-15(11-14)18(3,20)16-8-5-9-17(19)12-16/h4-9,11-13H,10,20H2,1-3H3. The van der Waals surface area contributed by atoms with Gasteiger partial charge in [-0.25, -0.2) is 4.39 Å². The molecule has 2 N–H and O–H groups in total. The van der Waals surface area contributed by atoms with Gasteiger partial charge in [0.2, 0.25) is 0 Å². The van der Waals surface area contributed by atoms with Gasteiger partial charge in [0.05, 0.1) is 5.54 Å². The van der Waals surface area contributed by atoms with E-state index >= 15 is 0 Å². The van der Waals surface area contributed by atoms with Crippen molar-refractivity contribution in [2.24, 2.45) is 11.7 Å². The van der Waals surface area contributed by atoms with Crippen LogP contribution < -0.4 is 5.73 Å². The summed E-state index contributed by atoms with van der Waals surface area (Å²) in [4.78, 5) is 0. The number of nitrogens with two attached hydrogens (primary N) is 1. The molecule has 0 aliphatic carbocycles. The van der Waals surface area contributed by atoms with Gasteiger partial charge in [0.1, 0.15) is 5.82 Å².